The molecule has 0 saturated heterocycles. The van der Waals surface area contributed by atoms with Crippen molar-refractivity contribution in [1.82, 2.24) is 15.4 Å². The van der Waals surface area contributed by atoms with Gasteiger partial charge in [0.25, 0.3) is 0 Å². The average molecular weight is 379 g/mol. The average Bonchev–Trinajstić information content (AvgIpc) is 2.35. The largest absolute Gasteiger partial charge is 0.443 e. The fraction of sp³-hybridized carbons (Fsp3) is 0.812. The van der Waals surface area contributed by atoms with E-state index in [1.165, 1.54) is 12.1 Å². The molecule has 5 N–H and O–H groups in total. The zero-order chi connectivity index (χ0) is 21.7. The first-order valence-electron chi connectivity index (χ1n) is 8.04. The van der Waals surface area contributed by atoms with Gasteiger partial charge in [-0.05, 0) is 62.4 Å². The lowest BCUT2D eigenvalue weighted by molar-refractivity contribution is 0.0290. The summed E-state index contributed by atoms with van der Waals surface area (Å²) in [6.07, 6.45) is -0.957. The molecule has 156 valence electrons. The van der Waals surface area contributed by atoms with E-state index in [0.717, 1.165) is 10.7 Å². The zero-order valence-corrected chi connectivity index (χ0v) is 18.1. The van der Waals surface area contributed by atoms with Crippen molar-refractivity contribution in [2.75, 3.05) is 21.1 Å². The first-order valence-corrected chi connectivity index (χ1v) is 8.04. The molecule has 0 fully saturated rings. The molecule has 0 aliphatic rings. The van der Waals surface area contributed by atoms with Gasteiger partial charge >= 0.3 is 12.2 Å². The highest BCUT2D eigenvalue weighted by molar-refractivity contribution is 5.80. The summed E-state index contributed by atoms with van der Waals surface area (Å²) in [5.41, 5.74) is 2.13. The molecule has 0 heterocycles. The van der Waals surface area contributed by atoms with E-state index in [-0.39, 0.29) is 0 Å². The normalized spacial score (nSPS) is 10.2. The Bertz CT molecular complexity index is 435. The van der Waals surface area contributed by atoms with E-state index in [1.54, 1.807) is 34.9 Å². The third-order valence-electron chi connectivity index (χ3n) is 1.69. The Morgan fingerprint density at radius 3 is 1.42 bits per heavy atom. The first kappa shape index (κ1) is 28.9. The fourth-order valence-electron chi connectivity index (χ4n) is 1.00. The number of nitrogens with two attached hydrogens (primary N) is 2. The van der Waals surface area contributed by atoms with Crippen LogP contribution in [0.2, 0.25) is 0 Å². The van der Waals surface area contributed by atoms with Crippen LogP contribution in [0.15, 0.2) is 5.10 Å². The molecule has 0 bridgehead atoms. The van der Waals surface area contributed by atoms with Crippen molar-refractivity contribution in [2.24, 2.45) is 16.8 Å². The third kappa shape index (κ3) is 24.3. The fourth-order valence-corrected chi connectivity index (χ4v) is 1.00. The number of hydrogen-bond donors (Lipinski definition) is 3. The molecular weight excluding hydrogens is 340 g/mol. The predicted octanol–water partition coefficient (Wildman–Crippen LogP) is 2.06. The standard InChI is InChI=1S/C9H18N2O2.C6H14N2O2.CH6N2/c1-7(2)10-11(6)8(12)13-9(3,4)5;1-6(2,3)10-5(9)8(4)7;1-3-2/h1-6H3;7H2,1-4H3;3H,2H2,1H3. The zero-order valence-electron chi connectivity index (χ0n) is 18.1. The molecule has 0 spiro atoms. The quantitative estimate of drug-likeness (QED) is 0.275. The van der Waals surface area contributed by atoms with E-state index in [9.17, 15) is 9.59 Å². The van der Waals surface area contributed by atoms with Crippen LogP contribution in [-0.4, -0.2) is 60.3 Å². The van der Waals surface area contributed by atoms with E-state index < -0.39 is 23.4 Å². The van der Waals surface area contributed by atoms with Gasteiger partial charge in [0.05, 0.1) is 0 Å². The van der Waals surface area contributed by atoms with Crippen LogP contribution in [0.3, 0.4) is 0 Å². The number of ether oxygens (including phenoxy) is 2. The number of carbonyl (C=O) groups excluding carboxylic acids is 2. The molecule has 0 unspecified atom stereocenters. The molecule has 2 amide bonds. The Morgan fingerprint density at radius 2 is 1.23 bits per heavy atom. The monoisotopic (exact) mass is 378 g/mol. The van der Waals surface area contributed by atoms with E-state index >= 15 is 0 Å². The summed E-state index contributed by atoms with van der Waals surface area (Å²) in [6.45, 7) is 14.5. The minimum atomic E-state index is -0.521. The Labute approximate surface area is 157 Å². The second kappa shape index (κ2) is 13.3. The molecular formula is C16H38N6O4. The number of carbonyl (C=O) groups is 2. The number of hydrazone groups is 1. The van der Waals surface area contributed by atoms with E-state index in [4.69, 9.17) is 15.3 Å². The number of nitrogens with one attached hydrogen (secondary N) is 1. The maximum absolute atomic E-state index is 11.3. The van der Waals surface area contributed by atoms with Crippen molar-refractivity contribution >= 4 is 17.9 Å². The summed E-state index contributed by atoms with van der Waals surface area (Å²) in [5, 5.41) is 6.04. The molecule has 0 rings (SSSR count). The SMILES string of the molecule is CC(C)=NN(C)C(=O)OC(C)(C)C.CN(N)C(=O)OC(C)(C)C.CNN. The van der Waals surface area contributed by atoms with Gasteiger partial charge in [-0.2, -0.15) is 5.10 Å². The molecule has 0 radical (unpaired) electrons. The Morgan fingerprint density at radius 1 is 0.923 bits per heavy atom. The summed E-state index contributed by atoms with van der Waals surface area (Å²) >= 11 is 0. The number of hydrazine groups is 2. The van der Waals surface area contributed by atoms with Crippen molar-refractivity contribution in [3.63, 3.8) is 0 Å². The lowest BCUT2D eigenvalue weighted by Crippen LogP contribution is -2.38. The molecule has 0 aliphatic heterocycles. The van der Waals surface area contributed by atoms with Crippen molar-refractivity contribution in [1.29, 1.82) is 0 Å². The van der Waals surface area contributed by atoms with E-state index in [0.29, 0.717) is 0 Å². The van der Waals surface area contributed by atoms with E-state index in [1.807, 2.05) is 34.6 Å². The van der Waals surface area contributed by atoms with Crippen LogP contribution in [0, 0.1) is 0 Å². The molecule has 0 atom stereocenters. The van der Waals surface area contributed by atoms with Crippen LogP contribution in [-0.2, 0) is 9.47 Å². The van der Waals surface area contributed by atoms with Crippen molar-refractivity contribution in [3.05, 3.63) is 0 Å². The van der Waals surface area contributed by atoms with Crippen LogP contribution in [0.5, 0.6) is 0 Å². The predicted molar refractivity (Wildman–Crippen MR) is 104 cm³/mol. The third-order valence-corrected chi connectivity index (χ3v) is 1.69. The second-order valence-electron chi connectivity index (χ2n) is 7.43. The van der Waals surface area contributed by atoms with Gasteiger partial charge in [0.1, 0.15) is 11.2 Å². The van der Waals surface area contributed by atoms with Crippen LogP contribution in [0.1, 0.15) is 55.4 Å². The van der Waals surface area contributed by atoms with Crippen LogP contribution in [0.4, 0.5) is 9.59 Å². The summed E-state index contributed by atoms with van der Waals surface area (Å²) in [5.74, 6) is 9.70. The second-order valence-corrected chi connectivity index (χ2v) is 7.43. The van der Waals surface area contributed by atoms with Crippen molar-refractivity contribution in [2.45, 2.75) is 66.6 Å². The minimum absolute atomic E-state index is 0.436. The molecule has 0 aromatic rings. The lowest BCUT2D eigenvalue weighted by Gasteiger charge is -2.22. The highest BCUT2D eigenvalue weighted by Crippen LogP contribution is 2.09. The lowest BCUT2D eigenvalue weighted by atomic mass is 10.2. The van der Waals surface area contributed by atoms with Gasteiger partial charge in [-0.25, -0.2) is 25.4 Å². The van der Waals surface area contributed by atoms with E-state index in [2.05, 4.69) is 16.4 Å². The van der Waals surface area contributed by atoms with Crippen molar-refractivity contribution < 1.29 is 19.1 Å². The number of nitrogens with zero attached hydrogens (tertiary/aromatic N) is 3. The molecule has 10 heteroatoms. The minimum Gasteiger partial charge on any atom is -0.443 e. The molecule has 0 saturated carbocycles. The molecule has 0 aromatic heterocycles. The molecule has 26 heavy (non-hydrogen) atoms. The summed E-state index contributed by atoms with van der Waals surface area (Å²) in [6, 6.07) is 0. The number of rotatable bonds is 1. The van der Waals surface area contributed by atoms with Crippen LogP contribution >= 0.6 is 0 Å². The summed E-state index contributed by atoms with van der Waals surface area (Å²) < 4.78 is 9.94. The maximum Gasteiger partial charge on any atom is 0.430 e. The van der Waals surface area contributed by atoms with Gasteiger partial charge in [-0.15, -0.1) is 0 Å². The van der Waals surface area contributed by atoms with Gasteiger partial charge in [-0.3, -0.25) is 11.3 Å². The number of amides is 2. The summed E-state index contributed by atoms with van der Waals surface area (Å²) in [4.78, 5) is 22.0. The van der Waals surface area contributed by atoms with Gasteiger partial charge in [0, 0.05) is 19.8 Å². The first-order chi connectivity index (χ1) is 11.5. The molecule has 10 nitrogen and oxygen atoms in total. The summed E-state index contributed by atoms with van der Waals surface area (Å²) in [7, 11) is 4.66. The molecule has 0 aliphatic carbocycles. The van der Waals surface area contributed by atoms with Crippen molar-refractivity contribution in [3.8, 4) is 0 Å². The molecule has 0 aromatic carbocycles. The van der Waals surface area contributed by atoms with Gasteiger partial charge in [0.2, 0.25) is 0 Å². The van der Waals surface area contributed by atoms with Gasteiger partial charge < -0.3 is 9.47 Å². The maximum atomic E-state index is 11.3. The smallest absolute Gasteiger partial charge is 0.430 e. The topological polar surface area (TPSA) is 136 Å². The van der Waals surface area contributed by atoms with Crippen LogP contribution in [0.25, 0.3) is 0 Å². The number of hydrogen-bond acceptors (Lipinski definition) is 8. The Kier molecular flexibility index (Phi) is 14.8. The van der Waals surface area contributed by atoms with Crippen LogP contribution < -0.4 is 17.1 Å². The van der Waals surface area contributed by atoms with Gasteiger partial charge in [0.15, 0.2) is 0 Å². The highest BCUT2D eigenvalue weighted by Gasteiger charge is 2.19. The highest BCUT2D eigenvalue weighted by atomic mass is 16.6. The Hall–Kier alpha value is -1.91. The Balaban J connectivity index is -0.000000362. The van der Waals surface area contributed by atoms with Gasteiger partial charge in [-0.1, -0.05) is 0 Å².